The minimum absolute atomic E-state index is 0.429. The summed E-state index contributed by atoms with van der Waals surface area (Å²) >= 11 is 0. The largest absolute Gasteiger partial charge is 0.328 e. The lowest BCUT2D eigenvalue weighted by Gasteiger charge is -2.33. The van der Waals surface area contributed by atoms with Crippen molar-refractivity contribution in [2.24, 2.45) is 5.73 Å². The predicted molar refractivity (Wildman–Crippen MR) is 74.3 cm³/mol. The fourth-order valence-electron chi connectivity index (χ4n) is 2.93. The molecule has 1 saturated carbocycles. The van der Waals surface area contributed by atoms with Gasteiger partial charge in [-0.3, -0.25) is 9.58 Å². The molecule has 0 atom stereocenters. The number of hydrogen-bond acceptors (Lipinski definition) is 3. The first-order valence-corrected chi connectivity index (χ1v) is 7.09. The summed E-state index contributed by atoms with van der Waals surface area (Å²) in [6, 6.07) is 3.32. The average molecular weight is 250 g/mol. The summed E-state index contributed by atoms with van der Waals surface area (Å²) < 4.78 is 2.11. The quantitative estimate of drug-likeness (QED) is 0.888. The lowest BCUT2D eigenvalue weighted by molar-refractivity contribution is 0.172. The Bertz CT molecular complexity index is 377. The first-order valence-electron chi connectivity index (χ1n) is 7.09. The van der Waals surface area contributed by atoms with Crippen LogP contribution in [-0.4, -0.2) is 33.8 Å². The predicted octanol–water partition coefficient (Wildman–Crippen LogP) is 1.91. The third-order valence-electron chi connectivity index (χ3n) is 4.06. The third kappa shape index (κ3) is 3.12. The van der Waals surface area contributed by atoms with Gasteiger partial charge in [0.2, 0.25) is 0 Å². The Morgan fingerprint density at radius 1 is 1.39 bits per heavy atom. The van der Waals surface area contributed by atoms with Gasteiger partial charge in [-0.2, -0.15) is 5.10 Å². The molecule has 0 radical (unpaired) electrons. The highest BCUT2D eigenvalue weighted by molar-refractivity contribution is 5.09. The van der Waals surface area contributed by atoms with Crippen LogP contribution in [0.2, 0.25) is 0 Å². The van der Waals surface area contributed by atoms with Gasteiger partial charge < -0.3 is 5.73 Å². The molecule has 0 aliphatic heterocycles. The van der Waals surface area contributed by atoms with E-state index < -0.39 is 0 Å². The maximum atomic E-state index is 5.97. The lowest BCUT2D eigenvalue weighted by atomic mass is 9.91. The van der Waals surface area contributed by atoms with Crippen LogP contribution in [0.15, 0.2) is 6.07 Å². The zero-order valence-corrected chi connectivity index (χ0v) is 11.9. The number of aryl methyl sites for hydroxylation is 2. The number of nitrogens with two attached hydrogens (primary N) is 1. The van der Waals surface area contributed by atoms with Crippen molar-refractivity contribution in [1.82, 2.24) is 14.7 Å². The minimum atomic E-state index is 0.429. The molecule has 0 bridgehead atoms. The van der Waals surface area contributed by atoms with Crippen LogP contribution in [0.1, 0.15) is 44.0 Å². The van der Waals surface area contributed by atoms with Crippen LogP contribution >= 0.6 is 0 Å². The Labute approximate surface area is 110 Å². The van der Waals surface area contributed by atoms with Crippen LogP contribution in [0, 0.1) is 6.92 Å². The molecule has 2 N–H and O–H groups in total. The fourth-order valence-corrected chi connectivity index (χ4v) is 2.93. The van der Waals surface area contributed by atoms with Gasteiger partial charge in [0, 0.05) is 25.2 Å². The molecular weight excluding hydrogens is 224 g/mol. The zero-order valence-electron chi connectivity index (χ0n) is 11.9. The Kier molecular flexibility index (Phi) is 4.40. The second-order valence-corrected chi connectivity index (χ2v) is 5.58. The highest BCUT2D eigenvalue weighted by Gasteiger charge is 2.22. The van der Waals surface area contributed by atoms with Gasteiger partial charge >= 0.3 is 0 Å². The van der Waals surface area contributed by atoms with Crippen LogP contribution < -0.4 is 5.73 Å². The van der Waals surface area contributed by atoms with Gasteiger partial charge in [-0.1, -0.05) is 0 Å². The van der Waals surface area contributed by atoms with E-state index in [0.717, 1.165) is 18.8 Å². The number of rotatable bonds is 4. The molecule has 1 fully saturated rings. The number of aromatic nitrogens is 2. The van der Waals surface area contributed by atoms with Crippen LogP contribution in [0.3, 0.4) is 0 Å². The van der Waals surface area contributed by atoms with E-state index in [9.17, 15) is 0 Å². The maximum Gasteiger partial charge on any atom is 0.0597 e. The summed E-state index contributed by atoms with van der Waals surface area (Å²) in [5, 5.41) is 4.51. The number of hydrogen-bond donors (Lipinski definition) is 1. The first-order chi connectivity index (χ1) is 8.60. The molecule has 18 heavy (non-hydrogen) atoms. The van der Waals surface area contributed by atoms with Crippen molar-refractivity contribution in [3.05, 3.63) is 17.5 Å². The number of nitrogens with zero attached hydrogens (tertiary/aromatic N) is 3. The molecule has 1 heterocycles. The van der Waals surface area contributed by atoms with Crippen molar-refractivity contribution in [3.8, 4) is 0 Å². The van der Waals surface area contributed by atoms with Crippen molar-refractivity contribution >= 4 is 0 Å². The molecule has 0 amide bonds. The van der Waals surface area contributed by atoms with E-state index in [1.54, 1.807) is 0 Å². The Hall–Kier alpha value is -0.870. The molecule has 0 unspecified atom stereocenters. The average Bonchev–Trinajstić information content (AvgIpc) is 2.70. The lowest BCUT2D eigenvalue weighted by Crippen LogP contribution is -2.38. The van der Waals surface area contributed by atoms with Crippen molar-refractivity contribution in [2.45, 2.75) is 64.7 Å². The summed E-state index contributed by atoms with van der Waals surface area (Å²) in [7, 11) is 2.23. The third-order valence-corrected chi connectivity index (χ3v) is 4.06. The van der Waals surface area contributed by atoms with E-state index in [1.165, 1.54) is 31.4 Å². The normalized spacial score (nSPS) is 24.7. The van der Waals surface area contributed by atoms with Crippen molar-refractivity contribution in [3.63, 3.8) is 0 Å². The van der Waals surface area contributed by atoms with E-state index in [1.807, 2.05) is 0 Å². The molecule has 1 aromatic rings. The molecular formula is C14H26N4. The smallest absolute Gasteiger partial charge is 0.0597 e. The zero-order chi connectivity index (χ0) is 13.1. The van der Waals surface area contributed by atoms with Gasteiger partial charge in [0.25, 0.3) is 0 Å². The molecule has 0 aromatic carbocycles. The second kappa shape index (κ2) is 5.85. The highest BCUT2D eigenvalue weighted by atomic mass is 15.3. The fraction of sp³-hybridized carbons (Fsp3) is 0.786. The maximum absolute atomic E-state index is 5.97. The molecule has 1 aliphatic rings. The van der Waals surface area contributed by atoms with E-state index in [-0.39, 0.29) is 0 Å². The minimum Gasteiger partial charge on any atom is -0.328 e. The van der Waals surface area contributed by atoms with Gasteiger partial charge in [-0.15, -0.1) is 0 Å². The molecule has 1 aliphatic carbocycles. The summed E-state index contributed by atoms with van der Waals surface area (Å²) in [4.78, 5) is 2.47. The molecule has 1 aromatic heterocycles. The van der Waals surface area contributed by atoms with Crippen molar-refractivity contribution in [2.75, 3.05) is 7.05 Å². The Morgan fingerprint density at radius 3 is 2.67 bits per heavy atom. The van der Waals surface area contributed by atoms with Crippen molar-refractivity contribution in [1.29, 1.82) is 0 Å². The van der Waals surface area contributed by atoms with Gasteiger partial charge in [0.15, 0.2) is 0 Å². The summed E-state index contributed by atoms with van der Waals surface area (Å²) in [5.74, 6) is 0. The van der Waals surface area contributed by atoms with Crippen LogP contribution in [-0.2, 0) is 13.1 Å². The molecule has 0 saturated heterocycles. The monoisotopic (exact) mass is 250 g/mol. The van der Waals surface area contributed by atoms with Gasteiger partial charge in [0.05, 0.1) is 11.4 Å². The Balaban J connectivity index is 1.95. The second-order valence-electron chi connectivity index (χ2n) is 5.58. The highest BCUT2D eigenvalue weighted by Crippen LogP contribution is 2.22. The van der Waals surface area contributed by atoms with Gasteiger partial charge in [0.1, 0.15) is 0 Å². The van der Waals surface area contributed by atoms with E-state index in [4.69, 9.17) is 5.73 Å². The Morgan fingerprint density at radius 2 is 2.06 bits per heavy atom. The van der Waals surface area contributed by atoms with Crippen molar-refractivity contribution < 1.29 is 0 Å². The molecule has 102 valence electrons. The van der Waals surface area contributed by atoms with E-state index in [0.29, 0.717) is 12.1 Å². The molecule has 4 nitrogen and oxygen atoms in total. The van der Waals surface area contributed by atoms with Gasteiger partial charge in [-0.05, 0) is 52.6 Å². The SMILES string of the molecule is CCn1nc(C)cc1CN(C)C1CCC(N)CC1. The summed E-state index contributed by atoms with van der Waals surface area (Å²) in [5.41, 5.74) is 8.41. The van der Waals surface area contributed by atoms with E-state index in [2.05, 4.69) is 41.6 Å². The van der Waals surface area contributed by atoms with E-state index >= 15 is 0 Å². The molecule has 4 heteroatoms. The molecule has 0 spiro atoms. The standard InChI is InChI=1S/C14H26N4/c1-4-18-14(9-11(2)16-18)10-17(3)13-7-5-12(15)6-8-13/h9,12-13H,4-8,10,15H2,1-3H3. The first kappa shape index (κ1) is 13.6. The summed E-state index contributed by atoms with van der Waals surface area (Å²) in [6.07, 6.45) is 4.80. The summed E-state index contributed by atoms with van der Waals surface area (Å²) in [6.45, 7) is 6.16. The van der Waals surface area contributed by atoms with Crippen LogP contribution in [0.5, 0.6) is 0 Å². The van der Waals surface area contributed by atoms with Crippen LogP contribution in [0.4, 0.5) is 0 Å². The van der Waals surface area contributed by atoms with Crippen LogP contribution in [0.25, 0.3) is 0 Å². The van der Waals surface area contributed by atoms with Gasteiger partial charge in [-0.25, -0.2) is 0 Å². The molecule has 2 rings (SSSR count). The topological polar surface area (TPSA) is 47.1 Å².